The maximum Gasteiger partial charge on any atom is 0.166 e. The molecule has 0 nitrogen and oxygen atoms in total. The van der Waals surface area contributed by atoms with E-state index < -0.39 is 23.3 Å². The second-order valence-corrected chi connectivity index (χ2v) is 10.3. The van der Waals surface area contributed by atoms with Crippen molar-refractivity contribution in [1.29, 1.82) is 0 Å². The van der Waals surface area contributed by atoms with E-state index >= 15 is 8.78 Å². The normalized spacial score (nSPS) is 17.9. The van der Waals surface area contributed by atoms with Crippen LogP contribution in [-0.4, -0.2) is 0 Å². The Bertz CT molecular complexity index is 1160. The number of halogens is 4. The number of hydrogen-bond donors (Lipinski definition) is 0. The highest BCUT2D eigenvalue weighted by Gasteiger charge is 2.26. The molecular weight excluding hydrogens is 460 g/mol. The average molecular weight is 497 g/mol. The van der Waals surface area contributed by atoms with E-state index in [9.17, 15) is 8.78 Å². The summed E-state index contributed by atoms with van der Waals surface area (Å²) in [5.41, 5.74) is 2.21. The van der Waals surface area contributed by atoms with E-state index in [2.05, 4.69) is 13.8 Å². The molecule has 0 N–H and O–H groups in total. The minimum atomic E-state index is -0.869. The first kappa shape index (κ1) is 26.4. The zero-order valence-electron chi connectivity index (χ0n) is 21.4. The number of hydrogen-bond acceptors (Lipinski definition) is 0. The lowest BCUT2D eigenvalue weighted by Gasteiger charge is -2.29. The van der Waals surface area contributed by atoms with Crippen LogP contribution in [-0.2, 0) is 6.42 Å². The summed E-state index contributed by atoms with van der Waals surface area (Å²) in [6.45, 7) is 4.25. The number of rotatable bonds is 9. The van der Waals surface area contributed by atoms with Crippen LogP contribution in [0.4, 0.5) is 17.6 Å². The fraction of sp³-hybridized carbons (Fsp3) is 0.438. The molecule has 0 aromatic heterocycles. The highest BCUT2D eigenvalue weighted by molar-refractivity contribution is 5.71. The minimum Gasteiger partial charge on any atom is -0.203 e. The number of aryl methyl sites for hydroxylation is 1. The molecule has 0 heterocycles. The molecule has 1 saturated carbocycles. The molecule has 0 radical (unpaired) electrons. The SMILES string of the molecule is CCCCCc1ccc(-c2ccc(-c3ccc(C4CCC(CCC)CC4)c(F)c3F)cc2)c(F)c1F. The molecule has 3 aromatic rings. The lowest BCUT2D eigenvalue weighted by Crippen LogP contribution is -2.14. The van der Waals surface area contributed by atoms with Crippen LogP contribution in [0.25, 0.3) is 22.3 Å². The summed E-state index contributed by atoms with van der Waals surface area (Å²) < 4.78 is 59.6. The van der Waals surface area contributed by atoms with Crippen LogP contribution in [0.3, 0.4) is 0 Å². The van der Waals surface area contributed by atoms with E-state index in [0.29, 0.717) is 34.6 Å². The van der Waals surface area contributed by atoms with Crippen molar-refractivity contribution in [2.45, 2.75) is 84.0 Å². The summed E-state index contributed by atoms with van der Waals surface area (Å²) in [4.78, 5) is 0. The second-order valence-electron chi connectivity index (χ2n) is 10.3. The first-order valence-corrected chi connectivity index (χ1v) is 13.5. The molecule has 36 heavy (non-hydrogen) atoms. The van der Waals surface area contributed by atoms with Crippen molar-refractivity contribution in [2.75, 3.05) is 0 Å². The van der Waals surface area contributed by atoms with Crippen molar-refractivity contribution in [3.8, 4) is 22.3 Å². The summed E-state index contributed by atoms with van der Waals surface area (Å²) >= 11 is 0. The Morgan fingerprint density at radius 2 is 1.19 bits per heavy atom. The molecule has 0 amide bonds. The van der Waals surface area contributed by atoms with Gasteiger partial charge < -0.3 is 0 Å². The zero-order chi connectivity index (χ0) is 25.7. The van der Waals surface area contributed by atoms with E-state index in [1.807, 2.05) is 0 Å². The van der Waals surface area contributed by atoms with Crippen LogP contribution in [0.5, 0.6) is 0 Å². The third-order valence-electron chi connectivity index (χ3n) is 7.81. The molecule has 1 aliphatic rings. The first-order valence-electron chi connectivity index (χ1n) is 13.5. The van der Waals surface area contributed by atoms with Gasteiger partial charge in [0.25, 0.3) is 0 Å². The molecule has 192 valence electrons. The average Bonchev–Trinajstić information content (AvgIpc) is 2.89. The van der Waals surface area contributed by atoms with Crippen molar-refractivity contribution in [2.24, 2.45) is 5.92 Å². The van der Waals surface area contributed by atoms with Gasteiger partial charge in [0, 0.05) is 11.1 Å². The van der Waals surface area contributed by atoms with Crippen molar-refractivity contribution in [3.63, 3.8) is 0 Å². The van der Waals surface area contributed by atoms with Crippen LogP contribution in [0.1, 0.15) is 88.7 Å². The summed E-state index contributed by atoms with van der Waals surface area (Å²) in [5.74, 6) is -2.52. The van der Waals surface area contributed by atoms with Gasteiger partial charge in [-0.05, 0) is 72.6 Å². The predicted octanol–water partition coefficient (Wildman–Crippen LogP) is 10.4. The Morgan fingerprint density at radius 1 is 0.611 bits per heavy atom. The molecule has 0 saturated heterocycles. The topological polar surface area (TPSA) is 0 Å². The summed E-state index contributed by atoms with van der Waals surface area (Å²) in [5, 5.41) is 0. The van der Waals surface area contributed by atoms with Gasteiger partial charge in [-0.3, -0.25) is 0 Å². The van der Waals surface area contributed by atoms with Crippen molar-refractivity contribution >= 4 is 0 Å². The molecular formula is C32H36F4. The van der Waals surface area contributed by atoms with Gasteiger partial charge in [-0.25, -0.2) is 17.6 Å². The number of unbranched alkanes of at least 4 members (excludes halogenated alkanes) is 2. The van der Waals surface area contributed by atoms with Gasteiger partial charge in [0.05, 0.1) is 0 Å². The van der Waals surface area contributed by atoms with Gasteiger partial charge in [0.2, 0.25) is 0 Å². The molecule has 1 fully saturated rings. The summed E-state index contributed by atoms with van der Waals surface area (Å²) in [6.07, 6.45) is 9.63. The zero-order valence-corrected chi connectivity index (χ0v) is 21.4. The maximum absolute atomic E-state index is 15.1. The smallest absolute Gasteiger partial charge is 0.166 e. The highest BCUT2D eigenvalue weighted by Crippen LogP contribution is 2.40. The van der Waals surface area contributed by atoms with Gasteiger partial charge in [-0.15, -0.1) is 0 Å². The van der Waals surface area contributed by atoms with Crippen LogP contribution in [0.15, 0.2) is 48.5 Å². The molecule has 0 spiro atoms. The quantitative estimate of drug-likeness (QED) is 0.204. The Morgan fingerprint density at radius 3 is 1.78 bits per heavy atom. The summed E-state index contributed by atoms with van der Waals surface area (Å²) in [7, 11) is 0. The highest BCUT2D eigenvalue weighted by atomic mass is 19.2. The van der Waals surface area contributed by atoms with Crippen molar-refractivity contribution in [1.82, 2.24) is 0 Å². The van der Waals surface area contributed by atoms with Crippen LogP contribution in [0, 0.1) is 29.2 Å². The van der Waals surface area contributed by atoms with E-state index in [4.69, 9.17) is 0 Å². The summed E-state index contributed by atoms with van der Waals surface area (Å²) in [6, 6.07) is 13.1. The maximum atomic E-state index is 15.1. The first-order chi connectivity index (χ1) is 17.4. The Balaban J connectivity index is 1.52. The fourth-order valence-corrected chi connectivity index (χ4v) is 5.67. The Labute approximate surface area is 212 Å². The van der Waals surface area contributed by atoms with E-state index in [0.717, 1.165) is 51.4 Å². The Hall–Kier alpha value is -2.62. The molecule has 0 aliphatic heterocycles. The third kappa shape index (κ3) is 5.68. The van der Waals surface area contributed by atoms with Crippen LogP contribution >= 0.6 is 0 Å². The van der Waals surface area contributed by atoms with Gasteiger partial charge in [0.1, 0.15) is 0 Å². The standard InChI is InChI=1S/C32H36F4/c1-3-5-6-8-25-17-18-26(30(34)29(25)33)23-13-15-24(16-14-23)28-20-19-27(31(35)32(28)36)22-11-9-21(7-4-2)10-12-22/h13-22H,3-12H2,1-2H3. The van der Waals surface area contributed by atoms with Gasteiger partial charge in [-0.2, -0.15) is 0 Å². The van der Waals surface area contributed by atoms with E-state index in [1.165, 1.54) is 6.42 Å². The lowest BCUT2D eigenvalue weighted by molar-refractivity contribution is 0.303. The molecule has 3 aromatic carbocycles. The minimum absolute atomic E-state index is 0.0619. The fourth-order valence-electron chi connectivity index (χ4n) is 5.67. The third-order valence-corrected chi connectivity index (χ3v) is 7.81. The molecule has 0 bridgehead atoms. The molecule has 4 heteroatoms. The predicted molar refractivity (Wildman–Crippen MR) is 140 cm³/mol. The van der Waals surface area contributed by atoms with Gasteiger partial charge in [-0.1, -0.05) is 88.1 Å². The molecule has 1 aliphatic carbocycles. The van der Waals surface area contributed by atoms with Crippen LogP contribution in [0.2, 0.25) is 0 Å². The van der Waals surface area contributed by atoms with E-state index in [-0.39, 0.29) is 17.0 Å². The lowest BCUT2D eigenvalue weighted by atomic mass is 9.77. The van der Waals surface area contributed by atoms with Crippen LogP contribution < -0.4 is 0 Å². The molecule has 4 rings (SSSR count). The Kier molecular flexibility index (Phi) is 8.87. The van der Waals surface area contributed by atoms with Gasteiger partial charge >= 0.3 is 0 Å². The molecule has 0 unspecified atom stereocenters. The molecule has 0 atom stereocenters. The van der Waals surface area contributed by atoms with E-state index in [1.54, 1.807) is 48.5 Å². The number of benzene rings is 3. The van der Waals surface area contributed by atoms with Crippen molar-refractivity contribution < 1.29 is 17.6 Å². The van der Waals surface area contributed by atoms with Crippen molar-refractivity contribution in [3.05, 3.63) is 82.9 Å². The largest absolute Gasteiger partial charge is 0.203 e. The monoisotopic (exact) mass is 496 g/mol. The van der Waals surface area contributed by atoms with Gasteiger partial charge in [0.15, 0.2) is 23.3 Å². The second kappa shape index (κ2) is 12.1.